The summed E-state index contributed by atoms with van der Waals surface area (Å²) in [5, 5.41) is 0. The van der Waals surface area contributed by atoms with Gasteiger partial charge in [0.15, 0.2) is 11.4 Å². The van der Waals surface area contributed by atoms with Gasteiger partial charge in [0.25, 0.3) is 0 Å². The molecule has 1 aliphatic rings. The Morgan fingerprint density at radius 1 is 1.07 bits per heavy atom. The number of aryl methyl sites for hydroxylation is 2. The summed E-state index contributed by atoms with van der Waals surface area (Å²) in [6.07, 6.45) is 5.52. The first-order chi connectivity index (χ1) is 6.79. The molecule has 0 aromatic carbocycles. The summed E-state index contributed by atoms with van der Waals surface area (Å²) >= 11 is 0. The molecular formula is C12H15BN+. The highest BCUT2D eigenvalue weighted by Gasteiger charge is 2.26. The van der Waals surface area contributed by atoms with Crippen LogP contribution in [0.1, 0.15) is 17.8 Å². The van der Waals surface area contributed by atoms with E-state index in [4.69, 9.17) is 0 Å². The van der Waals surface area contributed by atoms with Crippen molar-refractivity contribution in [3.05, 3.63) is 53.7 Å². The van der Waals surface area contributed by atoms with E-state index in [9.17, 15) is 0 Å². The van der Waals surface area contributed by atoms with Crippen molar-refractivity contribution in [2.75, 3.05) is 0 Å². The molecule has 0 saturated heterocycles. The standard InChI is InChI=1S/C12H15BN/c1-11-7-6-8-12(2)14(11)13-9-4-3-5-10-13/h4-10H,3H2,1-2H3/q+1. The van der Waals surface area contributed by atoms with Gasteiger partial charge < -0.3 is 0 Å². The van der Waals surface area contributed by atoms with Crippen LogP contribution in [0.5, 0.6) is 0 Å². The molecule has 0 bridgehead atoms. The number of hydrogen-bond acceptors (Lipinski definition) is 0. The van der Waals surface area contributed by atoms with Gasteiger partial charge in [-0.05, 0) is 18.4 Å². The number of aromatic nitrogens is 1. The van der Waals surface area contributed by atoms with E-state index in [1.165, 1.54) is 11.4 Å². The zero-order chi connectivity index (χ0) is 9.97. The van der Waals surface area contributed by atoms with E-state index in [1.54, 1.807) is 0 Å². The fourth-order valence-corrected chi connectivity index (χ4v) is 1.99. The monoisotopic (exact) mass is 184 g/mol. The van der Waals surface area contributed by atoms with Gasteiger partial charge in [0.2, 0.25) is 0 Å². The molecule has 0 amide bonds. The van der Waals surface area contributed by atoms with Crippen molar-refractivity contribution < 1.29 is 4.48 Å². The largest absolute Gasteiger partial charge is 0.543 e. The maximum absolute atomic E-state index is 2.35. The number of hydrogen-bond donors (Lipinski definition) is 0. The summed E-state index contributed by atoms with van der Waals surface area (Å²) in [6.45, 7) is 4.72. The Labute approximate surface area is 85.9 Å². The van der Waals surface area contributed by atoms with Crippen LogP contribution in [-0.2, 0) is 0 Å². The van der Waals surface area contributed by atoms with Crippen LogP contribution in [0, 0.1) is 13.8 Å². The van der Waals surface area contributed by atoms with Crippen LogP contribution in [-0.4, -0.2) is 6.85 Å². The third kappa shape index (κ3) is 1.65. The summed E-state index contributed by atoms with van der Waals surface area (Å²) in [6, 6.07) is 6.42. The lowest BCUT2D eigenvalue weighted by molar-refractivity contribution is -0.549. The number of rotatable bonds is 1. The fourth-order valence-electron chi connectivity index (χ4n) is 1.99. The molecule has 0 atom stereocenters. The third-order valence-electron chi connectivity index (χ3n) is 2.67. The molecule has 0 N–H and O–H groups in total. The van der Waals surface area contributed by atoms with Gasteiger partial charge in [-0.25, -0.2) is 0 Å². The lowest BCUT2D eigenvalue weighted by Gasteiger charge is -2.07. The first kappa shape index (κ1) is 9.26. The molecule has 0 spiro atoms. The normalized spacial score (nSPS) is 14.9. The van der Waals surface area contributed by atoms with Crippen LogP contribution >= 0.6 is 0 Å². The molecule has 14 heavy (non-hydrogen) atoms. The molecule has 70 valence electrons. The summed E-state index contributed by atoms with van der Waals surface area (Å²) in [7, 11) is 0. The van der Waals surface area contributed by atoms with Crippen molar-refractivity contribution in [2.24, 2.45) is 0 Å². The van der Waals surface area contributed by atoms with Crippen molar-refractivity contribution in [2.45, 2.75) is 20.3 Å². The first-order valence-electron chi connectivity index (χ1n) is 5.10. The van der Waals surface area contributed by atoms with E-state index < -0.39 is 0 Å². The van der Waals surface area contributed by atoms with E-state index >= 15 is 0 Å². The first-order valence-corrected chi connectivity index (χ1v) is 5.10. The predicted octanol–water partition coefficient (Wildman–Crippen LogP) is 2.03. The number of nitrogens with zero attached hydrogens (tertiary/aromatic N) is 1. The second kappa shape index (κ2) is 3.83. The molecule has 0 radical (unpaired) electrons. The highest BCUT2D eigenvalue weighted by Crippen LogP contribution is 2.02. The van der Waals surface area contributed by atoms with Gasteiger partial charge in [0.05, 0.1) is 0 Å². The molecule has 0 fully saturated rings. The van der Waals surface area contributed by atoms with Crippen LogP contribution in [0.2, 0.25) is 0 Å². The van der Waals surface area contributed by atoms with E-state index in [1.807, 2.05) is 0 Å². The van der Waals surface area contributed by atoms with Crippen molar-refractivity contribution in [3.8, 4) is 0 Å². The average molecular weight is 184 g/mol. The second-order valence-corrected chi connectivity index (χ2v) is 3.76. The molecule has 2 heterocycles. The molecule has 2 heteroatoms. The van der Waals surface area contributed by atoms with Gasteiger partial charge in [-0.1, -0.05) is 18.2 Å². The highest BCUT2D eigenvalue weighted by molar-refractivity contribution is 6.61. The van der Waals surface area contributed by atoms with Crippen molar-refractivity contribution in [3.63, 3.8) is 0 Å². The highest BCUT2D eigenvalue weighted by atomic mass is 14.9. The number of allylic oxidation sites excluding steroid dienone is 2. The Balaban J connectivity index is 2.44. The van der Waals surface area contributed by atoms with Crippen LogP contribution in [0.3, 0.4) is 0 Å². The molecule has 1 aromatic rings. The van der Waals surface area contributed by atoms with Gasteiger partial charge >= 0.3 is 6.85 Å². The second-order valence-electron chi connectivity index (χ2n) is 3.76. The van der Waals surface area contributed by atoms with Crippen LogP contribution in [0.4, 0.5) is 0 Å². The Kier molecular flexibility index (Phi) is 2.53. The van der Waals surface area contributed by atoms with E-state index in [0.29, 0.717) is 6.85 Å². The van der Waals surface area contributed by atoms with Crippen molar-refractivity contribution in [1.82, 2.24) is 0 Å². The molecule has 1 nitrogen and oxygen atoms in total. The predicted molar refractivity (Wildman–Crippen MR) is 60.2 cm³/mol. The van der Waals surface area contributed by atoms with Crippen LogP contribution < -0.4 is 4.48 Å². The molecule has 1 aliphatic heterocycles. The lowest BCUT2D eigenvalue weighted by atomic mass is 9.59. The Hall–Kier alpha value is -1.31. The third-order valence-corrected chi connectivity index (χ3v) is 2.67. The summed E-state index contributed by atoms with van der Waals surface area (Å²) in [4.78, 5) is 0. The molecular weight excluding hydrogens is 169 g/mol. The topological polar surface area (TPSA) is 3.88 Å². The minimum absolute atomic E-state index is 0.407. The maximum atomic E-state index is 2.35. The SMILES string of the molecule is Cc1cccc(C)[n+]1B1C=CCC=C1. The molecule has 0 unspecified atom stereocenters. The lowest BCUT2D eigenvalue weighted by Crippen LogP contribution is -2.54. The van der Waals surface area contributed by atoms with Gasteiger partial charge in [-0.15, -0.1) is 0 Å². The smallest absolute Gasteiger partial charge is 0.278 e. The fraction of sp³-hybridized carbons (Fsp3) is 0.250. The quantitative estimate of drug-likeness (QED) is 0.588. The van der Waals surface area contributed by atoms with Crippen LogP contribution in [0.25, 0.3) is 0 Å². The molecule has 0 aliphatic carbocycles. The minimum atomic E-state index is 0.407. The number of pyridine rings is 1. The summed E-state index contributed by atoms with van der Waals surface area (Å²) in [5.74, 6) is 4.53. The van der Waals surface area contributed by atoms with Gasteiger partial charge in [0.1, 0.15) is 0 Å². The van der Waals surface area contributed by atoms with Crippen molar-refractivity contribution in [1.29, 1.82) is 0 Å². The Morgan fingerprint density at radius 3 is 2.21 bits per heavy atom. The molecule has 1 aromatic heterocycles. The van der Waals surface area contributed by atoms with E-state index in [2.05, 4.69) is 60.6 Å². The Morgan fingerprint density at radius 2 is 1.64 bits per heavy atom. The minimum Gasteiger partial charge on any atom is -0.278 e. The molecule has 2 rings (SSSR count). The average Bonchev–Trinajstić information content (AvgIpc) is 2.19. The van der Waals surface area contributed by atoms with E-state index in [0.717, 1.165) is 6.42 Å². The summed E-state index contributed by atoms with van der Waals surface area (Å²) in [5.41, 5.74) is 2.62. The van der Waals surface area contributed by atoms with Gasteiger partial charge in [-0.2, -0.15) is 0 Å². The van der Waals surface area contributed by atoms with Gasteiger partial charge in [-0.3, -0.25) is 4.48 Å². The summed E-state index contributed by atoms with van der Waals surface area (Å²) < 4.78 is 2.35. The van der Waals surface area contributed by atoms with E-state index in [-0.39, 0.29) is 0 Å². The van der Waals surface area contributed by atoms with Gasteiger partial charge in [0, 0.05) is 26.0 Å². The molecule has 0 saturated carbocycles. The zero-order valence-corrected chi connectivity index (χ0v) is 8.77. The maximum Gasteiger partial charge on any atom is 0.543 e. The van der Waals surface area contributed by atoms with Crippen LogP contribution in [0.15, 0.2) is 42.3 Å². The Bertz CT molecular complexity index is 361. The zero-order valence-electron chi connectivity index (χ0n) is 8.77. The van der Waals surface area contributed by atoms with Crippen molar-refractivity contribution >= 4 is 6.85 Å².